The van der Waals surface area contributed by atoms with Crippen LogP contribution in [0.5, 0.6) is 0 Å². The molecule has 4 heterocycles. The van der Waals surface area contributed by atoms with Gasteiger partial charge < -0.3 is 10.2 Å². The second-order valence-corrected chi connectivity index (χ2v) is 6.49. The van der Waals surface area contributed by atoms with E-state index in [9.17, 15) is 0 Å². The van der Waals surface area contributed by atoms with Gasteiger partial charge in [-0.25, -0.2) is 9.50 Å². The number of rotatable bonds is 2. The van der Waals surface area contributed by atoms with E-state index in [0.29, 0.717) is 6.04 Å². The number of nitrogens with one attached hydrogen (secondary N) is 1. The zero-order valence-corrected chi connectivity index (χ0v) is 14.3. The monoisotopic (exact) mass is 322 g/mol. The van der Waals surface area contributed by atoms with E-state index in [1.54, 1.807) is 0 Å². The summed E-state index contributed by atoms with van der Waals surface area (Å²) in [5.74, 6) is 1.00. The Morgan fingerprint density at radius 2 is 2.08 bits per heavy atom. The van der Waals surface area contributed by atoms with Crippen molar-refractivity contribution in [1.29, 1.82) is 0 Å². The first kappa shape index (κ1) is 15.1. The molecule has 24 heavy (non-hydrogen) atoms. The molecule has 1 N–H and O–H groups in total. The van der Waals surface area contributed by atoms with E-state index < -0.39 is 0 Å². The number of imidazole rings is 1. The van der Waals surface area contributed by atoms with Crippen molar-refractivity contribution in [2.24, 2.45) is 0 Å². The van der Waals surface area contributed by atoms with Crippen LogP contribution in [-0.4, -0.2) is 45.3 Å². The van der Waals surface area contributed by atoms with E-state index in [2.05, 4.69) is 45.3 Å². The van der Waals surface area contributed by atoms with Gasteiger partial charge in [-0.1, -0.05) is 0 Å². The third kappa shape index (κ3) is 2.63. The van der Waals surface area contributed by atoms with Crippen LogP contribution in [0.25, 0.3) is 16.9 Å². The Labute approximate surface area is 141 Å². The van der Waals surface area contributed by atoms with Crippen LogP contribution in [0, 0.1) is 13.8 Å². The molecule has 0 unspecified atom stereocenters. The second kappa shape index (κ2) is 5.87. The van der Waals surface area contributed by atoms with E-state index >= 15 is 0 Å². The summed E-state index contributed by atoms with van der Waals surface area (Å²) in [4.78, 5) is 11.3. The van der Waals surface area contributed by atoms with Gasteiger partial charge in [0.1, 0.15) is 5.82 Å². The normalized spacial score (nSPS) is 18.3. The van der Waals surface area contributed by atoms with E-state index in [-0.39, 0.29) is 0 Å². The van der Waals surface area contributed by atoms with E-state index in [1.165, 1.54) is 0 Å². The molecule has 1 aliphatic heterocycles. The molecule has 0 bridgehead atoms. The third-order valence-corrected chi connectivity index (χ3v) is 4.50. The summed E-state index contributed by atoms with van der Waals surface area (Å²) >= 11 is 0. The van der Waals surface area contributed by atoms with Gasteiger partial charge in [0, 0.05) is 43.1 Å². The zero-order chi connectivity index (χ0) is 16.7. The lowest BCUT2D eigenvalue weighted by molar-refractivity contribution is 0.481. The molecule has 0 spiro atoms. The lowest BCUT2D eigenvalue weighted by atomic mass is 10.1. The van der Waals surface area contributed by atoms with Gasteiger partial charge in [-0.3, -0.25) is 4.98 Å². The molecule has 1 aliphatic rings. The Bertz CT molecular complexity index is 884. The molecule has 1 atom stereocenters. The fraction of sp³-hybridized carbons (Fsp3) is 0.389. The first-order valence-corrected chi connectivity index (χ1v) is 8.39. The van der Waals surface area contributed by atoms with E-state index in [4.69, 9.17) is 5.10 Å². The summed E-state index contributed by atoms with van der Waals surface area (Å²) in [7, 11) is 0. The smallest absolute Gasteiger partial charge is 0.154 e. The van der Waals surface area contributed by atoms with Gasteiger partial charge >= 0.3 is 0 Å². The zero-order valence-electron chi connectivity index (χ0n) is 14.3. The summed E-state index contributed by atoms with van der Waals surface area (Å²) in [5.41, 5.74) is 5.00. The van der Waals surface area contributed by atoms with Crippen LogP contribution in [0.1, 0.15) is 18.3 Å². The summed E-state index contributed by atoms with van der Waals surface area (Å²) < 4.78 is 1.96. The Balaban J connectivity index is 1.82. The van der Waals surface area contributed by atoms with Crippen molar-refractivity contribution in [2.45, 2.75) is 26.8 Å². The van der Waals surface area contributed by atoms with Gasteiger partial charge in [0.2, 0.25) is 0 Å². The molecule has 3 aromatic heterocycles. The van der Waals surface area contributed by atoms with Crippen LogP contribution < -0.4 is 10.2 Å². The van der Waals surface area contributed by atoms with Crippen molar-refractivity contribution >= 4 is 11.5 Å². The molecule has 6 heteroatoms. The Morgan fingerprint density at radius 1 is 1.21 bits per heavy atom. The number of hydrogen-bond acceptors (Lipinski definition) is 5. The van der Waals surface area contributed by atoms with Crippen molar-refractivity contribution in [3.05, 3.63) is 41.9 Å². The van der Waals surface area contributed by atoms with Crippen molar-refractivity contribution < 1.29 is 0 Å². The van der Waals surface area contributed by atoms with Crippen LogP contribution >= 0.6 is 0 Å². The molecule has 0 saturated carbocycles. The van der Waals surface area contributed by atoms with Gasteiger partial charge in [-0.05, 0) is 45.0 Å². The Kier molecular flexibility index (Phi) is 3.69. The maximum atomic E-state index is 4.89. The van der Waals surface area contributed by atoms with Gasteiger partial charge in [-0.15, -0.1) is 5.10 Å². The van der Waals surface area contributed by atoms with Crippen LogP contribution in [0.15, 0.2) is 30.5 Å². The second-order valence-electron chi connectivity index (χ2n) is 6.49. The lowest BCUT2D eigenvalue weighted by Crippen LogP contribution is -2.49. The van der Waals surface area contributed by atoms with E-state index in [1.807, 2.05) is 30.6 Å². The number of hydrogen-bond donors (Lipinski definition) is 1. The predicted molar refractivity (Wildman–Crippen MR) is 95.4 cm³/mol. The molecule has 3 aromatic rings. The number of pyridine rings is 1. The number of fused-ring (bicyclic) bond motifs is 1. The molecule has 0 radical (unpaired) electrons. The molecule has 1 fully saturated rings. The highest BCUT2D eigenvalue weighted by molar-refractivity contribution is 5.67. The number of nitrogens with zero attached hydrogens (tertiary/aromatic N) is 5. The molecule has 1 saturated heterocycles. The summed E-state index contributed by atoms with van der Waals surface area (Å²) in [6.45, 7) is 9.17. The van der Waals surface area contributed by atoms with Crippen LogP contribution in [0.4, 0.5) is 5.82 Å². The highest BCUT2D eigenvalue weighted by Gasteiger charge is 2.19. The largest absolute Gasteiger partial charge is 0.352 e. The lowest BCUT2D eigenvalue weighted by Gasteiger charge is -2.32. The maximum absolute atomic E-state index is 4.89. The first-order valence-electron chi connectivity index (χ1n) is 8.39. The SMILES string of the molecule is Cc1cc(-c2c(C)nc3ccc(N4CCN[C@H](C)C4)nn23)ccn1. The molecule has 0 amide bonds. The fourth-order valence-corrected chi connectivity index (χ4v) is 3.37. The van der Waals surface area contributed by atoms with Gasteiger partial charge in [0.15, 0.2) is 5.65 Å². The van der Waals surface area contributed by atoms with E-state index in [0.717, 1.165) is 53.7 Å². The van der Waals surface area contributed by atoms with Gasteiger partial charge in [0.05, 0.1) is 11.4 Å². The molecular weight excluding hydrogens is 300 g/mol. The summed E-state index contributed by atoms with van der Waals surface area (Å²) in [6.07, 6.45) is 1.84. The van der Waals surface area contributed by atoms with Crippen LogP contribution in [0.2, 0.25) is 0 Å². The minimum Gasteiger partial charge on any atom is -0.352 e. The van der Waals surface area contributed by atoms with Gasteiger partial charge in [0.25, 0.3) is 0 Å². The quantitative estimate of drug-likeness (QED) is 0.784. The van der Waals surface area contributed by atoms with Crippen LogP contribution in [0.3, 0.4) is 0 Å². The average Bonchev–Trinajstić information content (AvgIpc) is 2.89. The number of piperazine rings is 1. The number of aryl methyl sites for hydroxylation is 2. The van der Waals surface area contributed by atoms with Crippen molar-refractivity contribution in [1.82, 2.24) is 24.9 Å². The Hall–Kier alpha value is -2.47. The third-order valence-electron chi connectivity index (χ3n) is 4.50. The Morgan fingerprint density at radius 3 is 2.88 bits per heavy atom. The van der Waals surface area contributed by atoms with Crippen molar-refractivity contribution in [3.8, 4) is 11.3 Å². The topological polar surface area (TPSA) is 58.4 Å². The van der Waals surface area contributed by atoms with Crippen LogP contribution in [-0.2, 0) is 0 Å². The minimum atomic E-state index is 0.475. The number of anilines is 1. The summed E-state index contributed by atoms with van der Waals surface area (Å²) in [5, 5.41) is 8.36. The van der Waals surface area contributed by atoms with Gasteiger partial charge in [-0.2, -0.15) is 0 Å². The predicted octanol–water partition coefficient (Wildman–Crippen LogP) is 2.21. The molecule has 124 valence electrons. The minimum absolute atomic E-state index is 0.475. The fourth-order valence-electron chi connectivity index (χ4n) is 3.37. The van der Waals surface area contributed by atoms with Crippen molar-refractivity contribution in [3.63, 3.8) is 0 Å². The standard InChI is InChI=1S/C18H22N6/c1-12-10-15(6-7-19-12)18-14(3)21-16-4-5-17(22-24(16)18)23-9-8-20-13(2)11-23/h4-7,10,13,20H,8-9,11H2,1-3H3/t13-/m1/s1. The highest BCUT2D eigenvalue weighted by Crippen LogP contribution is 2.25. The number of aromatic nitrogens is 4. The molecule has 0 aliphatic carbocycles. The average molecular weight is 322 g/mol. The molecular formula is C18H22N6. The molecule has 6 nitrogen and oxygen atoms in total. The first-order chi connectivity index (χ1) is 11.6. The highest BCUT2D eigenvalue weighted by atomic mass is 15.3. The maximum Gasteiger partial charge on any atom is 0.154 e. The summed E-state index contributed by atoms with van der Waals surface area (Å²) in [6, 6.07) is 8.70. The van der Waals surface area contributed by atoms with Crippen molar-refractivity contribution in [2.75, 3.05) is 24.5 Å². The molecule has 4 rings (SSSR count). The molecule has 0 aromatic carbocycles.